The normalized spacial score (nSPS) is 22.2. The van der Waals surface area contributed by atoms with E-state index in [0.717, 1.165) is 25.0 Å². The van der Waals surface area contributed by atoms with Crippen molar-refractivity contribution in [1.29, 1.82) is 0 Å². The number of nitro benzene ring substituents is 1. The number of anilines is 1. The molecule has 1 aromatic rings. The zero-order valence-electron chi connectivity index (χ0n) is 10.7. The number of carbonyl (C=O) groups is 1. The third kappa shape index (κ3) is 3.23. The number of benzene rings is 1. The van der Waals surface area contributed by atoms with Crippen LogP contribution >= 0.6 is 0 Å². The summed E-state index contributed by atoms with van der Waals surface area (Å²) in [4.78, 5) is 21.2. The van der Waals surface area contributed by atoms with Crippen molar-refractivity contribution in [2.45, 2.75) is 31.7 Å². The van der Waals surface area contributed by atoms with E-state index in [9.17, 15) is 19.3 Å². The van der Waals surface area contributed by atoms with Crippen molar-refractivity contribution in [2.75, 3.05) is 5.32 Å². The number of nitro groups is 1. The van der Waals surface area contributed by atoms with Crippen LogP contribution in [0.1, 0.15) is 25.7 Å². The predicted molar refractivity (Wildman–Crippen MR) is 70.1 cm³/mol. The van der Waals surface area contributed by atoms with E-state index in [0.29, 0.717) is 12.8 Å². The fraction of sp³-hybridized carbons (Fsp3) is 0.462. The molecule has 2 N–H and O–H groups in total. The van der Waals surface area contributed by atoms with Gasteiger partial charge in [-0.15, -0.1) is 0 Å². The number of nitrogens with one attached hydrogen (secondary N) is 1. The van der Waals surface area contributed by atoms with E-state index < -0.39 is 22.6 Å². The molecule has 0 aromatic heterocycles. The van der Waals surface area contributed by atoms with Crippen molar-refractivity contribution < 1.29 is 19.2 Å². The van der Waals surface area contributed by atoms with Gasteiger partial charge in [0, 0.05) is 17.8 Å². The van der Waals surface area contributed by atoms with Gasteiger partial charge in [0.1, 0.15) is 5.82 Å². The standard InChI is InChI=1S/C13H15FN2O4/c14-8-5-9(7-10(6-8)16(19)20)15-12-4-2-1-3-11(12)13(17)18/h5-7,11-12,15H,1-4H2,(H,17,18). The molecule has 0 saturated heterocycles. The van der Waals surface area contributed by atoms with E-state index in [1.54, 1.807) is 0 Å². The first-order chi connectivity index (χ1) is 9.47. The van der Waals surface area contributed by atoms with Gasteiger partial charge in [0.05, 0.1) is 16.9 Å². The molecule has 2 atom stereocenters. The molecule has 1 aromatic carbocycles. The predicted octanol–water partition coefficient (Wildman–Crippen LogP) is 2.79. The molecule has 1 saturated carbocycles. The summed E-state index contributed by atoms with van der Waals surface area (Å²) < 4.78 is 13.3. The minimum absolute atomic E-state index is 0.245. The molecule has 20 heavy (non-hydrogen) atoms. The van der Waals surface area contributed by atoms with Crippen LogP contribution in [0.5, 0.6) is 0 Å². The molecule has 108 valence electrons. The number of aliphatic carboxylic acids is 1. The van der Waals surface area contributed by atoms with Crippen molar-refractivity contribution in [3.8, 4) is 0 Å². The Hall–Kier alpha value is -2.18. The average molecular weight is 282 g/mol. The second-order valence-corrected chi connectivity index (χ2v) is 4.94. The van der Waals surface area contributed by atoms with Gasteiger partial charge in [0.15, 0.2) is 0 Å². The summed E-state index contributed by atoms with van der Waals surface area (Å²) in [5.41, 5.74) is -0.106. The van der Waals surface area contributed by atoms with Crippen LogP contribution in [0.25, 0.3) is 0 Å². The number of rotatable bonds is 4. The smallest absolute Gasteiger partial charge is 0.308 e. The van der Waals surface area contributed by atoms with E-state index in [1.807, 2.05) is 0 Å². The lowest BCUT2D eigenvalue weighted by molar-refractivity contribution is -0.385. The number of carboxylic acid groups (broad SMARTS) is 1. The van der Waals surface area contributed by atoms with E-state index in [2.05, 4.69) is 5.32 Å². The second-order valence-electron chi connectivity index (χ2n) is 4.94. The van der Waals surface area contributed by atoms with Crippen molar-refractivity contribution in [1.82, 2.24) is 0 Å². The second kappa shape index (κ2) is 5.85. The maximum atomic E-state index is 13.3. The molecule has 0 amide bonds. The molecular formula is C13H15FN2O4. The summed E-state index contributed by atoms with van der Waals surface area (Å²) in [5, 5.41) is 22.8. The van der Waals surface area contributed by atoms with E-state index in [4.69, 9.17) is 5.11 Å². The summed E-state index contributed by atoms with van der Waals surface area (Å²) >= 11 is 0. The molecule has 0 aliphatic heterocycles. The van der Waals surface area contributed by atoms with E-state index in [1.165, 1.54) is 6.07 Å². The third-order valence-electron chi connectivity index (χ3n) is 3.53. The quantitative estimate of drug-likeness (QED) is 0.654. The molecule has 0 bridgehead atoms. The molecule has 2 rings (SSSR count). The Morgan fingerprint density at radius 3 is 2.70 bits per heavy atom. The Bertz CT molecular complexity index is 535. The van der Waals surface area contributed by atoms with Crippen molar-refractivity contribution in [3.63, 3.8) is 0 Å². The zero-order valence-corrected chi connectivity index (χ0v) is 10.7. The van der Waals surface area contributed by atoms with Crippen LogP contribution in [-0.4, -0.2) is 22.0 Å². The van der Waals surface area contributed by atoms with Gasteiger partial charge >= 0.3 is 5.97 Å². The van der Waals surface area contributed by atoms with Crippen LogP contribution in [0.3, 0.4) is 0 Å². The van der Waals surface area contributed by atoms with Gasteiger partial charge in [-0.3, -0.25) is 14.9 Å². The Labute approximate surface area is 114 Å². The lowest BCUT2D eigenvalue weighted by Gasteiger charge is -2.30. The molecule has 1 aliphatic rings. The average Bonchev–Trinajstić information content (AvgIpc) is 2.38. The highest BCUT2D eigenvalue weighted by atomic mass is 19.1. The van der Waals surface area contributed by atoms with Gasteiger partial charge in [-0.05, 0) is 18.9 Å². The lowest BCUT2D eigenvalue weighted by atomic mass is 9.84. The van der Waals surface area contributed by atoms with Crippen LogP contribution in [0.15, 0.2) is 18.2 Å². The summed E-state index contributed by atoms with van der Waals surface area (Å²) in [6.45, 7) is 0. The fourth-order valence-corrected chi connectivity index (χ4v) is 2.58. The fourth-order valence-electron chi connectivity index (χ4n) is 2.58. The third-order valence-corrected chi connectivity index (χ3v) is 3.53. The topological polar surface area (TPSA) is 92.5 Å². The largest absolute Gasteiger partial charge is 0.481 e. The molecule has 7 heteroatoms. The van der Waals surface area contributed by atoms with Gasteiger partial charge in [0.25, 0.3) is 5.69 Å². The van der Waals surface area contributed by atoms with Crippen LogP contribution < -0.4 is 5.32 Å². The summed E-state index contributed by atoms with van der Waals surface area (Å²) in [6.07, 6.45) is 2.95. The number of nitrogens with zero attached hydrogens (tertiary/aromatic N) is 1. The van der Waals surface area contributed by atoms with Gasteiger partial charge < -0.3 is 10.4 Å². The molecule has 1 fully saturated rings. The Morgan fingerprint density at radius 2 is 2.05 bits per heavy atom. The highest BCUT2D eigenvalue weighted by molar-refractivity contribution is 5.72. The monoisotopic (exact) mass is 282 g/mol. The first-order valence-corrected chi connectivity index (χ1v) is 6.41. The molecular weight excluding hydrogens is 267 g/mol. The highest BCUT2D eigenvalue weighted by Gasteiger charge is 2.31. The summed E-state index contributed by atoms with van der Waals surface area (Å²) in [5.74, 6) is -2.16. The number of hydrogen-bond donors (Lipinski definition) is 2. The van der Waals surface area contributed by atoms with Crippen molar-refractivity contribution >= 4 is 17.3 Å². The van der Waals surface area contributed by atoms with Gasteiger partial charge in [-0.2, -0.15) is 0 Å². The summed E-state index contributed by atoms with van der Waals surface area (Å²) in [6, 6.07) is 2.86. The minimum atomic E-state index is -0.895. The molecule has 0 spiro atoms. The molecule has 2 unspecified atom stereocenters. The zero-order chi connectivity index (χ0) is 14.7. The first-order valence-electron chi connectivity index (χ1n) is 6.41. The van der Waals surface area contributed by atoms with Gasteiger partial charge in [-0.1, -0.05) is 12.8 Å². The van der Waals surface area contributed by atoms with Gasteiger partial charge in [-0.25, -0.2) is 4.39 Å². The molecule has 6 nitrogen and oxygen atoms in total. The van der Waals surface area contributed by atoms with Crippen LogP contribution in [0, 0.1) is 21.8 Å². The van der Waals surface area contributed by atoms with Crippen molar-refractivity contribution in [2.24, 2.45) is 5.92 Å². The summed E-state index contributed by atoms with van der Waals surface area (Å²) in [7, 11) is 0. The highest BCUT2D eigenvalue weighted by Crippen LogP contribution is 2.29. The number of hydrogen-bond acceptors (Lipinski definition) is 4. The maximum Gasteiger partial charge on any atom is 0.308 e. The van der Waals surface area contributed by atoms with Crippen LogP contribution in [0.4, 0.5) is 15.8 Å². The lowest BCUT2D eigenvalue weighted by Crippen LogP contribution is -2.37. The molecule has 0 radical (unpaired) electrons. The number of carboxylic acids is 1. The Morgan fingerprint density at radius 1 is 1.35 bits per heavy atom. The van der Waals surface area contributed by atoms with Crippen molar-refractivity contribution in [3.05, 3.63) is 34.1 Å². The van der Waals surface area contributed by atoms with Crippen LogP contribution in [-0.2, 0) is 4.79 Å². The minimum Gasteiger partial charge on any atom is -0.481 e. The van der Waals surface area contributed by atoms with E-state index >= 15 is 0 Å². The molecule has 0 heterocycles. The van der Waals surface area contributed by atoms with Gasteiger partial charge in [0.2, 0.25) is 0 Å². The maximum absolute atomic E-state index is 13.3. The Kier molecular flexibility index (Phi) is 4.16. The van der Waals surface area contributed by atoms with E-state index in [-0.39, 0.29) is 17.4 Å². The number of halogens is 1. The Balaban J connectivity index is 2.19. The SMILES string of the molecule is O=C(O)C1CCCCC1Nc1cc(F)cc([N+](=O)[O-])c1. The number of non-ortho nitro benzene ring substituents is 1. The first kappa shape index (κ1) is 14.2. The molecule has 1 aliphatic carbocycles. The van der Waals surface area contributed by atoms with Crippen LogP contribution in [0.2, 0.25) is 0 Å².